The molecule has 0 aromatic heterocycles. The third-order valence-corrected chi connectivity index (χ3v) is 3.29. The van der Waals surface area contributed by atoms with Crippen molar-refractivity contribution in [1.82, 2.24) is 0 Å². The van der Waals surface area contributed by atoms with Crippen molar-refractivity contribution in [2.45, 2.75) is 5.92 Å². The lowest BCUT2D eigenvalue weighted by molar-refractivity contribution is -0.150. The fraction of sp³-hybridized carbons (Fsp3) is 0.0526. The van der Waals surface area contributed by atoms with Crippen LogP contribution in [0.4, 0.5) is 8.78 Å². The third-order valence-electron chi connectivity index (χ3n) is 3.29. The Hall–Kier alpha value is -3.28. The van der Waals surface area contributed by atoms with E-state index in [1.165, 1.54) is 24.3 Å². The first-order chi connectivity index (χ1) is 11.8. The summed E-state index contributed by atoms with van der Waals surface area (Å²) >= 11 is 0. The number of allylic oxidation sites excluding steroid dienone is 2. The molecule has 0 fully saturated rings. The molecular weight excluding hydrogens is 330 g/mol. The topological polar surface area (TPSA) is 74.6 Å². The Bertz CT molecular complexity index is 756. The molecule has 128 valence electrons. The van der Waals surface area contributed by atoms with Gasteiger partial charge in [-0.15, -0.1) is 0 Å². The van der Waals surface area contributed by atoms with Gasteiger partial charge in [-0.1, -0.05) is 60.7 Å². The Labute approximate surface area is 142 Å². The summed E-state index contributed by atoms with van der Waals surface area (Å²) in [5.74, 6) is -9.54. The quantitative estimate of drug-likeness (QED) is 0.473. The van der Waals surface area contributed by atoms with Gasteiger partial charge < -0.3 is 10.2 Å². The molecule has 6 heteroatoms. The smallest absolute Gasteiger partial charge is 0.370 e. The predicted octanol–water partition coefficient (Wildman–Crippen LogP) is 3.96. The molecule has 0 saturated heterocycles. The van der Waals surface area contributed by atoms with Crippen molar-refractivity contribution in [2.75, 3.05) is 0 Å². The molecule has 0 aliphatic rings. The highest BCUT2D eigenvalue weighted by atomic mass is 19.3. The number of hydrogen-bond acceptors (Lipinski definition) is 4. The average molecular weight is 344 g/mol. The van der Waals surface area contributed by atoms with Gasteiger partial charge in [0.25, 0.3) is 0 Å². The fourth-order valence-corrected chi connectivity index (χ4v) is 1.94. The van der Waals surface area contributed by atoms with Crippen LogP contribution in [0.1, 0.15) is 11.1 Å². The van der Waals surface area contributed by atoms with Crippen molar-refractivity contribution < 1.29 is 28.6 Å². The summed E-state index contributed by atoms with van der Waals surface area (Å²) in [5.41, 5.74) is 0.309. The molecule has 2 rings (SSSR count). The standard InChI is InChI=1S/C19H14F2O4/c20-19(21,17(24)11-15(22)13-7-3-1-4-8-13)18(25)12-16(23)14-9-5-2-6-10-14/h1-12,22-23H/b15-11-,16-12-. The molecule has 0 saturated carbocycles. The zero-order valence-electron chi connectivity index (χ0n) is 12.9. The van der Waals surface area contributed by atoms with Crippen LogP contribution in [0, 0.1) is 0 Å². The fourth-order valence-electron chi connectivity index (χ4n) is 1.94. The number of halogens is 2. The molecule has 0 spiro atoms. The number of hydrogen-bond donors (Lipinski definition) is 2. The van der Waals surface area contributed by atoms with E-state index in [1.54, 1.807) is 36.4 Å². The molecule has 2 aromatic rings. The summed E-state index contributed by atoms with van der Waals surface area (Å²) in [5, 5.41) is 19.5. The van der Waals surface area contributed by atoms with Gasteiger partial charge in [-0.25, -0.2) is 0 Å². The van der Waals surface area contributed by atoms with E-state index in [2.05, 4.69) is 0 Å². The maximum Gasteiger partial charge on any atom is 0.370 e. The van der Waals surface area contributed by atoms with Crippen LogP contribution in [0.2, 0.25) is 0 Å². The maximum absolute atomic E-state index is 14.0. The van der Waals surface area contributed by atoms with Crippen LogP contribution in [0.5, 0.6) is 0 Å². The van der Waals surface area contributed by atoms with Crippen molar-refractivity contribution in [2.24, 2.45) is 0 Å². The van der Waals surface area contributed by atoms with Crippen LogP contribution in [0.25, 0.3) is 11.5 Å². The minimum atomic E-state index is -4.41. The first-order valence-corrected chi connectivity index (χ1v) is 7.21. The van der Waals surface area contributed by atoms with Crippen molar-refractivity contribution >= 4 is 23.1 Å². The Morgan fingerprint density at radius 2 is 1.04 bits per heavy atom. The minimum Gasteiger partial charge on any atom is -0.507 e. The van der Waals surface area contributed by atoms with Crippen molar-refractivity contribution in [3.05, 3.63) is 83.9 Å². The molecule has 25 heavy (non-hydrogen) atoms. The third kappa shape index (κ3) is 4.38. The average Bonchev–Trinajstić information content (AvgIpc) is 2.62. The van der Waals surface area contributed by atoms with E-state index in [0.29, 0.717) is 12.2 Å². The molecule has 0 unspecified atom stereocenters. The summed E-state index contributed by atoms with van der Waals surface area (Å²) in [6.07, 6.45) is 0.585. The molecule has 2 N–H and O–H groups in total. The normalized spacial score (nSPS) is 12.7. The van der Waals surface area contributed by atoms with Crippen LogP contribution in [-0.4, -0.2) is 27.7 Å². The number of alkyl halides is 2. The molecule has 2 aromatic carbocycles. The highest BCUT2D eigenvalue weighted by Crippen LogP contribution is 2.22. The van der Waals surface area contributed by atoms with E-state index < -0.39 is 29.0 Å². The van der Waals surface area contributed by atoms with Crippen LogP contribution in [0.15, 0.2) is 72.8 Å². The van der Waals surface area contributed by atoms with Gasteiger partial charge in [-0.3, -0.25) is 9.59 Å². The highest BCUT2D eigenvalue weighted by Gasteiger charge is 2.44. The zero-order chi connectivity index (χ0) is 18.4. The first kappa shape index (κ1) is 18.1. The van der Waals surface area contributed by atoms with Crippen LogP contribution < -0.4 is 0 Å². The monoisotopic (exact) mass is 344 g/mol. The maximum atomic E-state index is 14.0. The van der Waals surface area contributed by atoms with Gasteiger partial charge in [0.2, 0.25) is 11.6 Å². The van der Waals surface area contributed by atoms with Crippen LogP contribution in [0.3, 0.4) is 0 Å². The molecular formula is C19H14F2O4. The molecule has 0 aliphatic carbocycles. The summed E-state index contributed by atoms with van der Waals surface area (Å²) in [6, 6.07) is 15.2. The van der Waals surface area contributed by atoms with E-state index in [-0.39, 0.29) is 11.1 Å². The first-order valence-electron chi connectivity index (χ1n) is 7.21. The molecule has 4 nitrogen and oxygen atoms in total. The highest BCUT2D eigenvalue weighted by molar-refractivity contribution is 6.19. The Balaban J connectivity index is 2.22. The van der Waals surface area contributed by atoms with Crippen LogP contribution >= 0.6 is 0 Å². The summed E-state index contributed by atoms with van der Waals surface area (Å²) in [6.45, 7) is 0. The molecule has 0 heterocycles. The molecule has 0 aliphatic heterocycles. The summed E-state index contributed by atoms with van der Waals surface area (Å²) < 4.78 is 27.9. The van der Waals surface area contributed by atoms with Gasteiger partial charge in [-0.05, 0) is 0 Å². The second-order valence-corrected chi connectivity index (χ2v) is 5.09. The SMILES string of the molecule is O=C(/C=C(\O)c1ccccc1)C(F)(F)C(=O)/C=C(\O)c1ccccc1. The largest absolute Gasteiger partial charge is 0.507 e. The number of aliphatic hydroxyl groups is 2. The number of carbonyl (C=O) groups excluding carboxylic acids is 2. The van der Waals surface area contributed by atoms with Gasteiger partial charge in [-0.2, -0.15) is 8.78 Å². The van der Waals surface area contributed by atoms with Crippen molar-refractivity contribution in [1.29, 1.82) is 0 Å². The van der Waals surface area contributed by atoms with Crippen LogP contribution in [-0.2, 0) is 9.59 Å². The van der Waals surface area contributed by atoms with E-state index in [4.69, 9.17) is 0 Å². The zero-order valence-corrected chi connectivity index (χ0v) is 12.9. The second-order valence-electron chi connectivity index (χ2n) is 5.09. The Morgan fingerprint density at radius 3 is 1.36 bits per heavy atom. The van der Waals surface area contributed by atoms with Gasteiger partial charge in [0, 0.05) is 23.3 Å². The molecule has 0 bridgehead atoms. The number of carbonyl (C=O) groups is 2. The number of ketones is 2. The lowest BCUT2D eigenvalue weighted by Gasteiger charge is -2.10. The van der Waals surface area contributed by atoms with E-state index in [9.17, 15) is 28.6 Å². The number of rotatable bonds is 6. The summed E-state index contributed by atoms with van der Waals surface area (Å²) in [7, 11) is 0. The lowest BCUT2D eigenvalue weighted by Crippen LogP contribution is -2.36. The lowest BCUT2D eigenvalue weighted by atomic mass is 10.0. The Morgan fingerprint density at radius 1 is 0.720 bits per heavy atom. The van der Waals surface area contributed by atoms with Gasteiger partial charge in [0.05, 0.1) is 0 Å². The van der Waals surface area contributed by atoms with E-state index in [1.807, 2.05) is 0 Å². The molecule has 0 atom stereocenters. The van der Waals surface area contributed by atoms with Gasteiger partial charge in [0.1, 0.15) is 11.5 Å². The van der Waals surface area contributed by atoms with Gasteiger partial charge in [0.15, 0.2) is 0 Å². The van der Waals surface area contributed by atoms with Crippen molar-refractivity contribution in [3.8, 4) is 0 Å². The number of aliphatic hydroxyl groups excluding tert-OH is 2. The van der Waals surface area contributed by atoms with E-state index in [0.717, 1.165) is 0 Å². The second kappa shape index (κ2) is 7.53. The Kier molecular flexibility index (Phi) is 5.44. The van der Waals surface area contributed by atoms with Crippen molar-refractivity contribution in [3.63, 3.8) is 0 Å². The van der Waals surface area contributed by atoms with Gasteiger partial charge >= 0.3 is 5.92 Å². The molecule has 0 radical (unpaired) electrons. The minimum absolute atomic E-state index is 0.154. The molecule has 0 amide bonds. The number of benzene rings is 2. The predicted molar refractivity (Wildman–Crippen MR) is 89.1 cm³/mol. The summed E-state index contributed by atoms with van der Waals surface area (Å²) in [4.78, 5) is 23.4. The van der Waals surface area contributed by atoms with E-state index >= 15 is 0 Å².